The van der Waals surface area contributed by atoms with Crippen LogP contribution < -0.4 is 0 Å². The molecule has 1 heterocycles. The zero-order chi connectivity index (χ0) is 8.69. The van der Waals surface area contributed by atoms with Gasteiger partial charge in [0.2, 0.25) is 0 Å². The number of nitrogens with zero attached hydrogens (tertiary/aromatic N) is 1. The second kappa shape index (κ2) is 8.98. The van der Waals surface area contributed by atoms with Crippen molar-refractivity contribution in [3.05, 3.63) is 0 Å². The van der Waals surface area contributed by atoms with Gasteiger partial charge in [0, 0.05) is 6.04 Å². The van der Waals surface area contributed by atoms with Gasteiger partial charge < -0.3 is 4.90 Å². The van der Waals surface area contributed by atoms with Crippen LogP contribution in [0.25, 0.3) is 0 Å². The molecule has 1 fully saturated rings. The predicted octanol–water partition coefficient (Wildman–Crippen LogP) is 3.06. The van der Waals surface area contributed by atoms with Crippen LogP contribution in [0.3, 0.4) is 0 Å². The molecule has 0 N–H and O–H groups in total. The normalized spacial score (nSPS) is 17.8. The summed E-state index contributed by atoms with van der Waals surface area (Å²) in [5, 5.41) is 0. The van der Waals surface area contributed by atoms with Crippen molar-refractivity contribution < 1.29 is 4.70 Å². The van der Waals surface area contributed by atoms with Crippen LogP contribution in [0.2, 0.25) is 0 Å². The van der Waals surface area contributed by atoms with Crippen molar-refractivity contribution in [2.75, 3.05) is 13.1 Å². The number of piperidine rings is 1. The van der Waals surface area contributed by atoms with Crippen molar-refractivity contribution in [2.45, 2.75) is 53.0 Å². The van der Waals surface area contributed by atoms with Crippen molar-refractivity contribution in [3.8, 4) is 0 Å². The van der Waals surface area contributed by atoms with E-state index in [-0.39, 0.29) is 4.70 Å². The fourth-order valence-corrected chi connectivity index (χ4v) is 1.43. The third kappa shape index (κ3) is 5.53. The molecule has 1 aliphatic rings. The lowest BCUT2D eigenvalue weighted by Gasteiger charge is -2.29. The van der Waals surface area contributed by atoms with Crippen molar-refractivity contribution in [2.24, 2.45) is 0 Å². The second-order valence-electron chi connectivity index (χ2n) is 3.19. The van der Waals surface area contributed by atoms with Crippen molar-refractivity contribution in [1.29, 1.82) is 0 Å². The summed E-state index contributed by atoms with van der Waals surface area (Å²) in [6, 6.07) is 0.769. The molecule has 0 radical (unpaired) electrons. The molecule has 1 saturated heterocycles. The van der Waals surface area contributed by atoms with E-state index in [2.05, 4.69) is 18.7 Å². The molecule has 12 heavy (non-hydrogen) atoms. The molecule has 1 aliphatic heterocycles. The van der Waals surface area contributed by atoms with Crippen LogP contribution in [0, 0.1) is 0 Å². The third-order valence-electron chi connectivity index (χ3n) is 2.12. The number of hydrogen-bond acceptors (Lipinski definition) is 1. The van der Waals surface area contributed by atoms with Gasteiger partial charge in [-0.3, -0.25) is 4.70 Å². The van der Waals surface area contributed by atoms with E-state index in [0.717, 1.165) is 6.04 Å². The van der Waals surface area contributed by atoms with Crippen LogP contribution in [-0.2, 0) is 0 Å². The monoisotopic (exact) mass is 177 g/mol. The molecule has 0 atom stereocenters. The molecule has 76 valence electrons. The van der Waals surface area contributed by atoms with E-state index in [1.807, 2.05) is 13.8 Å². The Kier molecular flexibility index (Phi) is 10.8. The summed E-state index contributed by atoms with van der Waals surface area (Å²) < 4.78 is 0. The number of rotatable bonds is 1. The van der Waals surface area contributed by atoms with E-state index in [1.54, 1.807) is 0 Å². The van der Waals surface area contributed by atoms with Gasteiger partial charge in [-0.1, -0.05) is 20.3 Å². The first-order valence-corrected chi connectivity index (χ1v) is 5.05. The Morgan fingerprint density at radius 2 is 1.33 bits per heavy atom. The SMILES string of the molecule is CC.CC(C)N1CCCCC1.F. The third-order valence-corrected chi connectivity index (χ3v) is 2.12. The molecule has 0 amide bonds. The van der Waals surface area contributed by atoms with Gasteiger partial charge in [-0.25, -0.2) is 0 Å². The fraction of sp³-hybridized carbons (Fsp3) is 1.00. The number of hydrogen-bond donors (Lipinski definition) is 0. The average Bonchev–Trinajstić information content (AvgIpc) is 2.10. The Morgan fingerprint density at radius 1 is 0.917 bits per heavy atom. The van der Waals surface area contributed by atoms with Crippen LogP contribution in [0.4, 0.5) is 4.70 Å². The predicted molar refractivity (Wildman–Crippen MR) is 54.4 cm³/mol. The van der Waals surface area contributed by atoms with Gasteiger partial charge in [-0.05, 0) is 39.8 Å². The highest BCUT2D eigenvalue weighted by Gasteiger charge is 2.11. The van der Waals surface area contributed by atoms with Gasteiger partial charge in [-0.2, -0.15) is 0 Å². The van der Waals surface area contributed by atoms with Crippen molar-refractivity contribution >= 4 is 0 Å². The molecule has 2 heteroatoms. The molecule has 0 aliphatic carbocycles. The molecule has 0 spiro atoms. The van der Waals surface area contributed by atoms with Gasteiger partial charge in [0.1, 0.15) is 0 Å². The number of halogens is 1. The highest BCUT2D eigenvalue weighted by atomic mass is 19.0. The lowest BCUT2D eigenvalue weighted by Crippen LogP contribution is -2.35. The Bertz CT molecular complexity index is 77.9. The topological polar surface area (TPSA) is 3.24 Å². The lowest BCUT2D eigenvalue weighted by atomic mass is 10.1. The highest BCUT2D eigenvalue weighted by Crippen LogP contribution is 2.10. The summed E-state index contributed by atoms with van der Waals surface area (Å²) in [7, 11) is 0. The molecule has 0 bridgehead atoms. The Balaban J connectivity index is 0. The standard InChI is InChI=1S/C8H17N.C2H6.FH/c1-8(2)9-6-4-3-5-7-9;1-2;/h8H,3-7H2,1-2H3;1-2H3;1H. The highest BCUT2D eigenvalue weighted by molar-refractivity contribution is 4.67. The largest absolute Gasteiger partial charge is 0.301 e. The molecular formula is C10H24FN. The first kappa shape index (κ1) is 14.4. The van der Waals surface area contributed by atoms with E-state index in [0.29, 0.717) is 0 Å². The smallest absolute Gasteiger partial charge is 0.00385 e. The molecule has 0 aromatic rings. The van der Waals surface area contributed by atoms with Crippen molar-refractivity contribution in [1.82, 2.24) is 4.90 Å². The quantitative estimate of drug-likeness (QED) is 0.595. The molecule has 0 unspecified atom stereocenters. The fourth-order valence-electron chi connectivity index (χ4n) is 1.43. The first-order valence-electron chi connectivity index (χ1n) is 5.05. The van der Waals surface area contributed by atoms with Crippen molar-refractivity contribution in [3.63, 3.8) is 0 Å². The van der Waals surface area contributed by atoms with Gasteiger partial charge in [0.05, 0.1) is 0 Å². The second-order valence-corrected chi connectivity index (χ2v) is 3.19. The molecule has 0 aromatic carbocycles. The van der Waals surface area contributed by atoms with E-state index in [9.17, 15) is 0 Å². The van der Waals surface area contributed by atoms with Gasteiger partial charge in [-0.15, -0.1) is 0 Å². The van der Waals surface area contributed by atoms with Gasteiger partial charge in [0.25, 0.3) is 0 Å². The molecule has 0 aromatic heterocycles. The zero-order valence-corrected chi connectivity index (χ0v) is 8.97. The average molecular weight is 177 g/mol. The molecular weight excluding hydrogens is 153 g/mol. The molecule has 0 saturated carbocycles. The summed E-state index contributed by atoms with van der Waals surface area (Å²) >= 11 is 0. The summed E-state index contributed by atoms with van der Waals surface area (Å²) in [4.78, 5) is 2.56. The van der Waals surface area contributed by atoms with Crippen LogP contribution in [0.1, 0.15) is 47.0 Å². The zero-order valence-electron chi connectivity index (χ0n) is 8.97. The van der Waals surface area contributed by atoms with Gasteiger partial charge >= 0.3 is 0 Å². The summed E-state index contributed by atoms with van der Waals surface area (Å²) in [6.45, 7) is 11.2. The molecule has 1 rings (SSSR count). The summed E-state index contributed by atoms with van der Waals surface area (Å²) in [6.07, 6.45) is 4.28. The van der Waals surface area contributed by atoms with Crippen LogP contribution in [0.15, 0.2) is 0 Å². The van der Waals surface area contributed by atoms with E-state index in [4.69, 9.17) is 0 Å². The van der Waals surface area contributed by atoms with Crippen LogP contribution in [-0.4, -0.2) is 24.0 Å². The maximum absolute atomic E-state index is 2.56. The minimum absolute atomic E-state index is 0. The van der Waals surface area contributed by atoms with E-state index >= 15 is 0 Å². The minimum atomic E-state index is 0. The number of likely N-dealkylation sites (tertiary alicyclic amines) is 1. The Morgan fingerprint density at radius 3 is 1.58 bits per heavy atom. The van der Waals surface area contributed by atoms with E-state index < -0.39 is 0 Å². The maximum atomic E-state index is 2.56. The lowest BCUT2D eigenvalue weighted by molar-refractivity contribution is 0.185. The van der Waals surface area contributed by atoms with Crippen LogP contribution in [0.5, 0.6) is 0 Å². The Labute approximate surface area is 76.5 Å². The maximum Gasteiger partial charge on any atom is 0.00385 e. The minimum Gasteiger partial charge on any atom is -0.301 e. The van der Waals surface area contributed by atoms with Crippen LogP contribution >= 0.6 is 0 Å². The molecule has 1 nitrogen and oxygen atoms in total. The summed E-state index contributed by atoms with van der Waals surface area (Å²) in [5.74, 6) is 0. The van der Waals surface area contributed by atoms with Gasteiger partial charge in [0.15, 0.2) is 0 Å². The van der Waals surface area contributed by atoms with E-state index in [1.165, 1.54) is 32.4 Å². The summed E-state index contributed by atoms with van der Waals surface area (Å²) in [5.41, 5.74) is 0. The first-order chi connectivity index (χ1) is 5.30. The Hall–Kier alpha value is -0.110.